The summed E-state index contributed by atoms with van der Waals surface area (Å²) >= 11 is 0. The highest BCUT2D eigenvalue weighted by atomic mass is 32.2. The summed E-state index contributed by atoms with van der Waals surface area (Å²) < 4.78 is 25.2. The van der Waals surface area contributed by atoms with Gasteiger partial charge >= 0.3 is 0 Å². The Bertz CT molecular complexity index is 386. The SMILES string of the molecule is CC(C)(CNC1CN2CCC1CC2)NS(C)(=O)=O. The maximum atomic E-state index is 11.3. The van der Waals surface area contributed by atoms with Crippen molar-refractivity contribution in [3.63, 3.8) is 0 Å². The molecule has 6 heteroatoms. The maximum absolute atomic E-state index is 11.3. The van der Waals surface area contributed by atoms with Gasteiger partial charge in [0.1, 0.15) is 0 Å². The summed E-state index contributed by atoms with van der Waals surface area (Å²) in [5.74, 6) is 0.768. The Kier molecular flexibility index (Phi) is 4.02. The molecule has 3 aliphatic heterocycles. The summed E-state index contributed by atoms with van der Waals surface area (Å²) in [7, 11) is -3.15. The predicted molar refractivity (Wildman–Crippen MR) is 73.0 cm³/mol. The summed E-state index contributed by atoms with van der Waals surface area (Å²) in [6.45, 7) is 8.08. The van der Waals surface area contributed by atoms with Gasteiger partial charge in [0.2, 0.25) is 10.0 Å². The minimum Gasteiger partial charge on any atom is -0.311 e. The van der Waals surface area contributed by atoms with E-state index < -0.39 is 15.6 Å². The predicted octanol–water partition coefficient (Wildman–Crippen LogP) is -0.00200. The number of nitrogens with zero attached hydrogens (tertiary/aromatic N) is 1. The van der Waals surface area contributed by atoms with Crippen LogP contribution < -0.4 is 10.0 Å². The van der Waals surface area contributed by atoms with Gasteiger partial charge in [-0.05, 0) is 45.7 Å². The fourth-order valence-electron chi connectivity index (χ4n) is 3.12. The maximum Gasteiger partial charge on any atom is 0.209 e. The molecule has 18 heavy (non-hydrogen) atoms. The Hall–Kier alpha value is -0.170. The van der Waals surface area contributed by atoms with Crippen LogP contribution in [0.2, 0.25) is 0 Å². The third-order valence-electron chi connectivity index (χ3n) is 3.92. The van der Waals surface area contributed by atoms with E-state index in [0.717, 1.165) is 12.5 Å². The second-order valence-corrected chi connectivity index (χ2v) is 8.13. The van der Waals surface area contributed by atoms with Crippen LogP contribution in [-0.2, 0) is 10.0 Å². The van der Waals surface area contributed by atoms with Crippen LogP contribution in [0.4, 0.5) is 0 Å². The Morgan fingerprint density at radius 3 is 2.33 bits per heavy atom. The molecular formula is C12H25N3O2S. The second kappa shape index (κ2) is 5.07. The first-order valence-electron chi connectivity index (χ1n) is 6.70. The molecule has 0 aromatic heterocycles. The number of nitrogens with one attached hydrogen (secondary N) is 2. The van der Waals surface area contributed by atoms with Crippen LogP contribution in [0.3, 0.4) is 0 Å². The topological polar surface area (TPSA) is 61.4 Å². The van der Waals surface area contributed by atoms with Gasteiger partial charge in [0.05, 0.1) is 6.26 Å². The average Bonchev–Trinajstić information content (AvgIpc) is 2.25. The van der Waals surface area contributed by atoms with E-state index in [2.05, 4.69) is 14.9 Å². The van der Waals surface area contributed by atoms with E-state index in [0.29, 0.717) is 12.6 Å². The standard InChI is InChI=1S/C12H25N3O2S/c1-12(2,14-18(3,16)17)9-13-11-8-15-6-4-10(11)5-7-15/h10-11,13-14H,4-9H2,1-3H3. The van der Waals surface area contributed by atoms with Crippen molar-refractivity contribution in [3.05, 3.63) is 0 Å². The van der Waals surface area contributed by atoms with Crippen LogP contribution in [-0.4, -0.2) is 57.3 Å². The summed E-state index contributed by atoms with van der Waals surface area (Å²) in [5, 5.41) is 3.55. The van der Waals surface area contributed by atoms with Crippen molar-refractivity contribution < 1.29 is 8.42 Å². The van der Waals surface area contributed by atoms with Crippen molar-refractivity contribution in [3.8, 4) is 0 Å². The highest BCUT2D eigenvalue weighted by Crippen LogP contribution is 2.27. The van der Waals surface area contributed by atoms with Gasteiger partial charge in [-0.2, -0.15) is 0 Å². The van der Waals surface area contributed by atoms with Gasteiger partial charge in [0.15, 0.2) is 0 Å². The van der Waals surface area contributed by atoms with E-state index in [1.807, 2.05) is 13.8 Å². The third kappa shape index (κ3) is 3.91. The summed E-state index contributed by atoms with van der Waals surface area (Å²) in [6, 6.07) is 0.521. The minimum absolute atomic E-state index is 0.431. The van der Waals surface area contributed by atoms with Crippen LogP contribution >= 0.6 is 0 Å². The molecule has 5 nitrogen and oxygen atoms in total. The number of sulfonamides is 1. The van der Waals surface area contributed by atoms with E-state index in [1.165, 1.54) is 32.2 Å². The first-order valence-corrected chi connectivity index (χ1v) is 8.59. The molecule has 1 atom stereocenters. The molecule has 0 aromatic rings. The minimum atomic E-state index is -3.15. The number of fused-ring (bicyclic) bond motifs is 3. The van der Waals surface area contributed by atoms with Crippen molar-refractivity contribution in [1.29, 1.82) is 0 Å². The van der Waals surface area contributed by atoms with E-state index in [-0.39, 0.29) is 0 Å². The van der Waals surface area contributed by atoms with Crippen molar-refractivity contribution in [2.75, 3.05) is 32.4 Å². The van der Waals surface area contributed by atoms with Crippen molar-refractivity contribution in [2.24, 2.45) is 5.92 Å². The van der Waals surface area contributed by atoms with Gasteiger partial charge in [-0.1, -0.05) is 0 Å². The van der Waals surface area contributed by atoms with Crippen LogP contribution in [0, 0.1) is 5.92 Å². The molecule has 3 fully saturated rings. The quantitative estimate of drug-likeness (QED) is 0.741. The van der Waals surface area contributed by atoms with Crippen molar-refractivity contribution in [1.82, 2.24) is 14.9 Å². The van der Waals surface area contributed by atoms with Gasteiger partial charge in [-0.3, -0.25) is 0 Å². The highest BCUT2D eigenvalue weighted by molar-refractivity contribution is 7.88. The molecule has 3 rings (SSSR count). The van der Waals surface area contributed by atoms with E-state index in [9.17, 15) is 8.42 Å². The second-order valence-electron chi connectivity index (χ2n) is 6.38. The van der Waals surface area contributed by atoms with E-state index in [1.54, 1.807) is 0 Å². The molecule has 0 aliphatic carbocycles. The Morgan fingerprint density at radius 2 is 1.89 bits per heavy atom. The molecule has 0 amide bonds. The third-order valence-corrected chi connectivity index (χ3v) is 4.85. The van der Waals surface area contributed by atoms with Gasteiger partial charge in [-0.15, -0.1) is 0 Å². The molecule has 2 bridgehead atoms. The number of hydrogen-bond acceptors (Lipinski definition) is 4. The first-order chi connectivity index (χ1) is 8.25. The Morgan fingerprint density at radius 1 is 1.28 bits per heavy atom. The molecule has 0 aromatic carbocycles. The normalized spacial score (nSPS) is 32.7. The van der Waals surface area contributed by atoms with Crippen LogP contribution in [0.15, 0.2) is 0 Å². The smallest absolute Gasteiger partial charge is 0.209 e. The number of hydrogen-bond donors (Lipinski definition) is 2. The molecule has 0 saturated carbocycles. The summed E-state index contributed by atoms with van der Waals surface area (Å²) in [5.41, 5.74) is -0.431. The van der Waals surface area contributed by atoms with Gasteiger partial charge < -0.3 is 10.2 Å². The fraction of sp³-hybridized carbons (Fsp3) is 1.00. The molecule has 0 spiro atoms. The zero-order valence-electron chi connectivity index (χ0n) is 11.6. The number of piperidine rings is 3. The largest absolute Gasteiger partial charge is 0.311 e. The highest BCUT2D eigenvalue weighted by Gasteiger charge is 2.34. The lowest BCUT2D eigenvalue weighted by Crippen LogP contribution is -2.59. The fourth-order valence-corrected chi connectivity index (χ4v) is 4.20. The average molecular weight is 275 g/mol. The molecule has 2 N–H and O–H groups in total. The Labute approximate surface area is 110 Å². The molecule has 106 valence electrons. The van der Waals surface area contributed by atoms with Crippen LogP contribution in [0.1, 0.15) is 26.7 Å². The lowest BCUT2D eigenvalue weighted by molar-refractivity contribution is 0.0702. The van der Waals surface area contributed by atoms with E-state index >= 15 is 0 Å². The summed E-state index contributed by atoms with van der Waals surface area (Å²) in [4.78, 5) is 2.49. The van der Waals surface area contributed by atoms with Gasteiger partial charge in [0.25, 0.3) is 0 Å². The zero-order chi connectivity index (χ0) is 13.4. The molecule has 0 radical (unpaired) electrons. The zero-order valence-corrected chi connectivity index (χ0v) is 12.4. The monoisotopic (exact) mass is 275 g/mol. The molecule has 1 unspecified atom stereocenters. The molecule has 3 saturated heterocycles. The van der Waals surface area contributed by atoms with Gasteiger partial charge in [0, 0.05) is 24.7 Å². The molecule has 3 heterocycles. The Balaban J connectivity index is 1.84. The lowest BCUT2D eigenvalue weighted by Gasteiger charge is -2.46. The molecule has 3 aliphatic rings. The summed E-state index contributed by atoms with van der Waals surface area (Å²) in [6.07, 6.45) is 3.76. The first kappa shape index (κ1) is 14.2. The number of rotatable bonds is 5. The van der Waals surface area contributed by atoms with Crippen LogP contribution in [0.5, 0.6) is 0 Å². The molecular weight excluding hydrogens is 250 g/mol. The van der Waals surface area contributed by atoms with E-state index in [4.69, 9.17) is 0 Å². The van der Waals surface area contributed by atoms with Crippen molar-refractivity contribution >= 4 is 10.0 Å². The lowest BCUT2D eigenvalue weighted by atomic mass is 9.84. The van der Waals surface area contributed by atoms with Crippen molar-refractivity contribution in [2.45, 2.75) is 38.3 Å². The van der Waals surface area contributed by atoms with Crippen LogP contribution in [0.25, 0.3) is 0 Å². The van der Waals surface area contributed by atoms with Gasteiger partial charge in [-0.25, -0.2) is 13.1 Å².